The van der Waals surface area contributed by atoms with E-state index in [1.54, 1.807) is 0 Å². The number of rotatable bonds is 4. The predicted molar refractivity (Wildman–Crippen MR) is 55.4 cm³/mol. The smallest absolute Gasteiger partial charge is 0.129 e. The second-order valence-corrected chi connectivity index (χ2v) is 4.01. The van der Waals surface area contributed by atoms with Crippen molar-refractivity contribution in [3.05, 3.63) is 30.3 Å². The van der Waals surface area contributed by atoms with Crippen LogP contribution in [0.1, 0.15) is 13.8 Å². The van der Waals surface area contributed by atoms with Gasteiger partial charge in [0.25, 0.3) is 0 Å². The topological polar surface area (TPSA) is 21.8 Å². The third kappa shape index (κ3) is 2.26. The van der Waals surface area contributed by atoms with E-state index in [-0.39, 0.29) is 6.10 Å². The molecule has 1 saturated heterocycles. The lowest BCUT2D eigenvalue weighted by molar-refractivity contribution is 0.116. The van der Waals surface area contributed by atoms with Gasteiger partial charge in [0.15, 0.2) is 0 Å². The minimum Gasteiger partial charge on any atom is -0.487 e. The molecule has 2 atom stereocenters. The molecule has 0 bridgehead atoms. The fraction of sp³-hybridized carbons (Fsp3) is 0.500. The Balaban J connectivity index is 2.00. The van der Waals surface area contributed by atoms with Crippen molar-refractivity contribution in [2.75, 3.05) is 6.61 Å². The number of epoxide rings is 1. The molecular weight excluding hydrogens is 176 g/mol. The van der Waals surface area contributed by atoms with Crippen LogP contribution in [0.5, 0.6) is 5.75 Å². The summed E-state index contributed by atoms with van der Waals surface area (Å²) in [5, 5.41) is 0. The van der Waals surface area contributed by atoms with E-state index in [4.69, 9.17) is 9.47 Å². The number of para-hydroxylation sites is 1. The molecular formula is C12H16O2. The predicted octanol–water partition coefficient (Wildman–Crippen LogP) is 2.49. The number of ether oxygens (including phenoxy) is 2. The van der Waals surface area contributed by atoms with Gasteiger partial charge in [0.05, 0.1) is 6.61 Å². The summed E-state index contributed by atoms with van der Waals surface area (Å²) in [4.78, 5) is 0. The molecule has 2 nitrogen and oxygen atoms in total. The second-order valence-electron chi connectivity index (χ2n) is 4.01. The molecule has 1 fully saturated rings. The molecule has 0 aliphatic carbocycles. The standard InChI is InChI=1S/C12H16O2/c1-9(2)12(11-8-13-11)14-10-6-4-3-5-7-10/h3-7,9,11-12H,8H2,1-2H3. The van der Waals surface area contributed by atoms with Crippen LogP contribution in [0.15, 0.2) is 30.3 Å². The summed E-state index contributed by atoms with van der Waals surface area (Å²) in [5.41, 5.74) is 0. The molecule has 1 aromatic rings. The average Bonchev–Trinajstić information content (AvgIpc) is 2.99. The summed E-state index contributed by atoms with van der Waals surface area (Å²) >= 11 is 0. The van der Waals surface area contributed by atoms with E-state index < -0.39 is 0 Å². The van der Waals surface area contributed by atoms with Crippen molar-refractivity contribution in [3.63, 3.8) is 0 Å². The molecule has 1 heterocycles. The average molecular weight is 192 g/mol. The Morgan fingerprint density at radius 1 is 1.29 bits per heavy atom. The van der Waals surface area contributed by atoms with Crippen molar-refractivity contribution in [1.29, 1.82) is 0 Å². The van der Waals surface area contributed by atoms with Crippen molar-refractivity contribution in [2.24, 2.45) is 5.92 Å². The molecule has 0 N–H and O–H groups in total. The molecule has 76 valence electrons. The summed E-state index contributed by atoms with van der Waals surface area (Å²) in [6, 6.07) is 9.93. The van der Waals surface area contributed by atoms with E-state index in [2.05, 4.69) is 13.8 Å². The van der Waals surface area contributed by atoms with Crippen LogP contribution in [0.2, 0.25) is 0 Å². The first-order chi connectivity index (χ1) is 6.77. The van der Waals surface area contributed by atoms with E-state index in [0.29, 0.717) is 12.0 Å². The Morgan fingerprint density at radius 3 is 2.43 bits per heavy atom. The zero-order valence-corrected chi connectivity index (χ0v) is 8.64. The van der Waals surface area contributed by atoms with Gasteiger partial charge in [0.2, 0.25) is 0 Å². The van der Waals surface area contributed by atoms with Crippen LogP contribution in [0.3, 0.4) is 0 Å². The molecule has 0 saturated carbocycles. The largest absolute Gasteiger partial charge is 0.487 e. The first-order valence-corrected chi connectivity index (χ1v) is 5.10. The van der Waals surface area contributed by atoms with Gasteiger partial charge in [-0.2, -0.15) is 0 Å². The molecule has 0 aromatic heterocycles. The maximum absolute atomic E-state index is 5.87. The van der Waals surface area contributed by atoms with Crippen molar-refractivity contribution in [1.82, 2.24) is 0 Å². The van der Waals surface area contributed by atoms with Crippen molar-refractivity contribution < 1.29 is 9.47 Å². The summed E-state index contributed by atoms with van der Waals surface area (Å²) in [6.45, 7) is 5.17. The van der Waals surface area contributed by atoms with E-state index in [1.807, 2.05) is 30.3 Å². The lowest BCUT2D eigenvalue weighted by Crippen LogP contribution is -2.29. The Bertz CT molecular complexity index is 276. The zero-order chi connectivity index (χ0) is 9.97. The highest BCUT2D eigenvalue weighted by molar-refractivity contribution is 5.21. The van der Waals surface area contributed by atoms with Gasteiger partial charge in [0.1, 0.15) is 18.0 Å². The highest BCUT2D eigenvalue weighted by Gasteiger charge is 2.36. The van der Waals surface area contributed by atoms with Gasteiger partial charge in [-0.1, -0.05) is 32.0 Å². The van der Waals surface area contributed by atoms with Gasteiger partial charge in [-0.25, -0.2) is 0 Å². The molecule has 0 spiro atoms. The van der Waals surface area contributed by atoms with Crippen LogP contribution < -0.4 is 4.74 Å². The minimum absolute atomic E-state index is 0.192. The summed E-state index contributed by atoms with van der Waals surface area (Å²) in [7, 11) is 0. The molecule has 0 amide bonds. The van der Waals surface area contributed by atoms with Crippen LogP contribution in [-0.4, -0.2) is 18.8 Å². The maximum atomic E-state index is 5.87. The molecule has 14 heavy (non-hydrogen) atoms. The highest BCUT2D eigenvalue weighted by atomic mass is 16.6. The zero-order valence-electron chi connectivity index (χ0n) is 8.64. The van der Waals surface area contributed by atoms with E-state index in [0.717, 1.165) is 12.4 Å². The van der Waals surface area contributed by atoms with Crippen LogP contribution in [0.4, 0.5) is 0 Å². The summed E-state index contributed by atoms with van der Waals surface area (Å²) in [5.74, 6) is 1.42. The maximum Gasteiger partial charge on any atom is 0.129 e. The fourth-order valence-electron chi connectivity index (χ4n) is 1.54. The monoisotopic (exact) mass is 192 g/mol. The van der Waals surface area contributed by atoms with Gasteiger partial charge in [-0.3, -0.25) is 0 Å². The van der Waals surface area contributed by atoms with E-state index in [9.17, 15) is 0 Å². The lowest BCUT2D eigenvalue weighted by atomic mass is 10.0. The van der Waals surface area contributed by atoms with E-state index in [1.165, 1.54) is 0 Å². The number of hydrogen-bond acceptors (Lipinski definition) is 2. The molecule has 1 aliphatic heterocycles. The Labute approximate surface area is 84.8 Å². The third-order valence-corrected chi connectivity index (χ3v) is 2.40. The van der Waals surface area contributed by atoms with Crippen molar-refractivity contribution >= 4 is 0 Å². The summed E-state index contributed by atoms with van der Waals surface area (Å²) in [6.07, 6.45) is 0.493. The molecule has 1 aromatic carbocycles. The molecule has 1 aliphatic rings. The quantitative estimate of drug-likeness (QED) is 0.684. The van der Waals surface area contributed by atoms with Gasteiger partial charge in [-0.15, -0.1) is 0 Å². The van der Waals surface area contributed by atoms with Crippen LogP contribution in [0.25, 0.3) is 0 Å². The molecule has 2 rings (SSSR count). The van der Waals surface area contributed by atoms with Crippen molar-refractivity contribution in [2.45, 2.75) is 26.1 Å². The number of benzene rings is 1. The van der Waals surface area contributed by atoms with Gasteiger partial charge < -0.3 is 9.47 Å². The van der Waals surface area contributed by atoms with Crippen LogP contribution in [0, 0.1) is 5.92 Å². The lowest BCUT2D eigenvalue weighted by Gasteiger charge is -2.20. The molecule has 2 heteroatoms. The van der Waals surface area contributed by atoms with Crippen LogP contribution >= 0.6 is 0 Å². The first kappa shape index (κ1) is 9.53. The highest BCUT2D eigenvalue weighted by Crippen LogP contribution is 2.25. The third-order valence-electron chi connectivity index (χ3n) is 2.40. The Morgan fingerprint density at radius 2 is 1.93 bits per heavy atom. The van der Waals surface area contributed by atoms with Gasteiger partial charge in [-0.05, 0) is 18.1 Å². The number of hydrogen-bond donors (Lipinski definition) is 0. The SMILES string of the molecule is CC(C)C(Oc1ccccc1)C1CO1. The first-order valence-electron chi connectivity index (χ1n) is 5.10. The summed E-state index contributed by atoms with van der Waals surface area (Å²) < 4.78 is 11.2. The molecule has 2 unspecified atom stereocenters. The Kier molecular flexibility index (Phi) is 2.73. The minimum atomic E-state index is 0.192. The van der Waals surface area contributed by atoms with E-state index >= 15 is 0 Å². The second kappa shape index (κ2) is 4.01. The fourth-order valence-corrected chi connectivity index (χ4v) is 1.54. The van der Waals surface area contributed by atoms with Gasteiger partial charge >= 0.3 is 0 Å². The van der Waals surface area contributed by atoms with Gasteiger partial charge in [0, 0.05) is 0 Å². The molecule has 0 radical (unpaired) electrons. The van der Waals surface area contributed by atoms with Crippen LogP contribution in [-0.2, 0) is 4.74 Å². The normalized spacial score (nSPS) is 22.1. The van der Waals surface area contributed by atoms with Crippen molar-refractivity contribution in [3.8, 4) is 5.75 Å². The Hall–Kier alpha value is -1.02.